The van der Waals surface area contributed by atoms with Crippen molar-refractivity contribution in [3.05, 3.63) is 51.1 Å². The molecule has 0 bridgehead atoms. The molecule has 0 radical (unpaired) electrons. The van der Waals surface area contributed by atoms with Gasteiger partial charge in [0.25, 0.3) is 0 Å². The number of hydrogen-bond donors (Lipinski definition) is 2. The number of allylic oxidation sites excluding steroid dienone is 6. The molecule has 2 fully saturated rings. The van der Waals surface area contributed by atoms with Crippen molar-refractivity contribution < 1.29 is 29.4 Å². The molecule has 246 valence electrons. The molecule has 4 atom stereocenters. The first-order valence-corrected chi connectivity index (χ1v) is 17.2. The molecule has 0 saturated heterocycles. The van der Waals surface area contributed by atoms with E-state index in [0.29, 0.717) is 46.3 Å². The van der Waals surface area contributed by atoms with Crippen LogP contribution in [0.3, 0.4) is 0 Å². The second-order valence-corrected chi connectivity index (χ2v) is 17.3. The van der Waals surface area contributed by atoms with Crippen LogP contribution in [0.25, 0.3) is 5.57 Å². The molecule has 0 aliphatic heterocycles. The summed E-state index contributed by atoms with van der Waals surface area (Å²) in [5.74, 6) is -3.46. The predicted octanol–water partition coefficient (Wildman–Crippen LogP) is 8.09. The quantitative estimate of drug-likeness (QED) is 0.149. The van der Waals surface area contributed by atoms with Gasteiger partial charge >= 0.3 is 0 Å². The number of carbonyl (C=O) groups is 4. The molecule has 6 nitrogen and oxygen atoms in total. The molecule has 46 heavy (non-hydrogen) atoms. The zero-order valence-corrected chi connectivity index (χ0v) is 29.2. The lowest BCUT2D eigenvalue weighted by Crippen LogP contribution is -2.55. The van der Waals surface area contributed by atoms with Crippen LogP contribution in [0.5, 0.6) is 11.5 Å². The van der Waals surface area contributed by atoms with Gasteiger partial charge in [-0.05, 0) is 71.6 Å². The molecule has 0 unspecified atom stereocenters. The average Bonchev–Trinajstić information content (AvgIpc) is 2.91. The minimum absolute atomic E-state index is 0.157. The van der Waals surface area contributed by atoms with Gasteiger partial charge in [0.2, 0.25) is 11.6 Å². The lowest BCUT2D eigenvalue weighted by atomic mass is 9.45. The Bertz CT molecular complexity index is 1730. The van der Waals surface area contributed by atoms with Gasteiger partial charge in [-0.25, -0.2) is 0 Å². The Kier molecular flexibility index (Phi) is 7.18. The fourth-order valence-corrected chi connectivity index (χ4v) is 10.8. The molecule has 2 N–H and O–H groups in total. The first kappa shape index (κ1) is 32.7. The number of phenolic OH excluding ortho intramolecular Hbond substituents is 2. The van der Waals surface area contributed by atoms with E-state index >= 15 is 9.59 Å². The highest BCUT2D eigenvalue weighted by atomic mass is 16.3. The first-order chi connectivity index (χ1) is 21.2. The molecule has 2 saturated carbocycles. The highest BCUT2D eigenvalue weighted by Crippen LogP contribution is 2.65. The van der Waals surface area contributed by atoms with Crippen molar-refractivity contribution in [2.75, 3.05) is 0 Å². The van der Waals surface area contributed by atoms with Crippen molar-refractivity contribution in [1.29, 1.82) is 0 Å². The van der Waals surface area contributed by atoms with Crippen LogP contribution in [-0.4, -0.2) is 33.3 Å². The van der Waals surface area contributed by atoms with Crippen LogP contribution < -0.4 is 0 Å². The van der Waals surface area contributed by atoms with Crippen LogP contribution >= 0.6 is 0 Å². The third kappa shape index (κ3) is 4.13. The van der Waals surface area contributed by atoms with Gasteiger partial charge in [0.15, 0.2) is 23.1 Å². The summed E-state index contributed by atoms with van der Waals surface area (Å²) < 4.78 is 0. The van der Waals surface area contributed by atoms with Gasteiger partial charge in [-0.1, -0.05) is 82.1 Å². The minimum Gasteiger partial charge on any atom is -0.504 e. The van der Waals surface area contributed by atoms with Crippen molar-refractivity contribution in [2.45, 2.75) is 119 Å². The van der Waals surface area contributed by atoms with Crippen molar-refractivity contribution in [1.82, 2.24) is 0 Å². The molecule has 1 aromatic rings. The number of phenols is 2. The Hall–Kier alpha value is -3.28. The predicted molar refractivity (Wildman–Crippen MR) is 178 cm³/mol. The Morgan fingerprint density at radius 1 is 0.674 bits per heavy atom. The van der Waals surface area contributed by atoms with E-state index in [4.69, 9.17) is 0 Å². The Balaban J connectivity index is 1.85. The summed E-state index contributed by atoms with van der Waals surface area (Å²) in [7, 11) is 0. The second kappa shape index (κ2) is 10.1. The minimum atomic E-state index is -0.858. The van der Waals surface area contributed by atoms with Gasteiger partial charge in [-0.3, -0.25) is 19.2 Å². The molecule has 1 aromatic carbocycles. The fraction of sp³-hybridized carbons (Fsp3) is 0.600. The average molecular weight is 627 g/mol. The summed E-state index contributed by atoms with van der Waals surface area (Å²) in [6, 6.07) is 1.80. The standard InChI is InChI=1S/C40H50O6/c1-19(2)21-17-23-25(31(43)35-37(5,6)13-11-15-39(35,9)27(23)33(45)29(21)41)26-24-18-22(20(3)4)30(42)34(46)28(24)40(10)16-12-14-38(7,8)36(40)32(26)44/h17-20,35-36,41,45H,11-16H2,1-10H3/b26-25+/t35-,36-,39+,40+/m0/s1. The maximum absolute atomic E-state index is 15.4. The van der Waals surface area contributed by atoms with Gasteiger partial charge in [0, 0.05) is 56.1 Å². The maximum atomic E-state index is 15.4. The van der Waals surface area contributed by atoms with Crippen LogP contribution in [-0.2, 0) is 24.6 Å². The molecular weight excluding hydrogens is 576 g/mol. The molecular formula is C40H50O6. The molecule has 5 aliphatic rings. The maximum Gasteiger partial charge on any atom is 0.230 e. The van der Waals surface area contributed by atoms with E-state index in [1.165, 1.54) is 0 Å². The Morgan fingerprint density at radius 2 is 1.20 bits per heavy atom. The summed E-state index contributed by atoms with van der Waals surface area (Å²) in [5.41, 5.74) is 0.429. The third-order valence-electron chi connectivity index (χ3n) is 12.6. The van der Waals surface area contributed by atoms with Gasteiger partial charge in [0.1, 0.15) is 0 Å². The monoisotopic (exact) mass is 626 g/mol. The van der Waals surface area contributed by atoms with Gasteiger partial charge in [-0.15, -0.1) is 0 Å². The highest BCUT2D eigenvalue weighted by molar-refractivity contribution is 6.51. The molecule has 5 aliphatic carbocycles. The normalized spacial score (nSPS) is 33.5. The molecule has 0 heterocycles. The van der Waals surface area contributed by atoms with E-state index in [1.807, 2.05) is 41.5 Å². The summed E-state index contributed by atoms with van der Waals surface area (Å²) in [4.78, 5) is 58.7. The van der Waals surface area contributed by atoms with Crippen molar-refractivity contribution in [3.8, 4) is 11.5 Å². The lowest BCUT2D eigenvalue weighted by Gasteiger charge is -2.56. The van der Waals surface area contributed by atoms with Crippen molar-refractivity contribution >= 4 is 28.7 Å². The zero-order chi connectivity index (χ0) is 34.0. The number of aromatic hydroxyl groups is 2. The van der Waals surface area contributed by atoms with E-state index < -0.39 is 45.1 Å². The number of Topliss-reactive ketones (excluding diaryl/α,β-unsaturated/α-hetero) is 4. The van der Waals surface area contributed by atoms with Crippen LogP contribution in [0, 0.1) is 34.0 Å². The number of hydrogen-bond acceptors (Lipinski definition) is 6. The number of fused-ring (bicyclic) bond motifs is 5. The summed E-state index contributed by atoms with van der Waals surface area (Å²) in [5, 5.41) is 23.2. The molecule has 6 heteroatoms. The number of ketones is 4. The summed E-state index contributed by atoms with van der Waals surface area (Å²) >= 11 is 0. The van der Waals surface area contributed by atoms with Gasteiger partial charge < -0.3 is 10.2 Å². The van der Waals surface area contributed by atoms with Crippen LogP contribution in [0.15, 0.2) is 34.4 Å². The molecule has 0 aromatic heterocycles. The van der Waals surface area contributed by atoms with E-state index in [1.54, 1.807) is 12.1 Å². The fourth-order valence-electron chi connectivity index (χ4n) is 10.8. The van der Waals surface area contributed by atoms with E-state index in [0.717, 1.165) is 25.7 Å². The molecule has 6 rings (SSSR count). The molecule has 0 spiro atoms. The van der Waals surface area contributed by atoms with Crippen molar-refractivity contribution in [3.63, 3.8) is 0 Å². The lowest BCUT2D eigenvalue weighted by molar-refractivity contribution is -0.137. The zero-order valence-electron chi connectivity index (χ0n) is 29.2. The second-order valence-electron chi connectivity index (χ2n) is 17.3. The molecule has 0 amide bonds. The van der Waals surface area contributed by atoms with Crippen molar-refractivity contribution in [2.24, 2.45) is 34.0 Å². The first-order valence-electron chi connectivity index (χ1n) is 17.2. The van der Waals surface area contributed by atoms with E-state index in [2.05, 4.69) is 27.7 Å². The number of rotatable bonds is 2. The summed E-state index contributed by atoms with van der Waals surface area (Å²) in [6.45, 7) is 19.8. The van der Waals surface area contributed by atoms with Crippen LogP contribution in [0.1, 0.15) is 130 Å². The van der Waals surface area contributed by atoms with Crippen LogP contribution in [0.4, 0.5) is 0 Å². The SMILES string of the molecule is CC(C)C1=CC2=C(C(=O)C1=O)[C@@]1(C)CCCC(C)(C)[C@@H]1C(=O)/C2=C1/C(=O)[C@H]2C(C)(C)CCC[C@]2(C)c2c1cc(C(C)C)c(O)c2O. The Morgan fingerprint density at radius 3 is 1.74 bits per heavy atom. The largest absolute Gasteiger partial charge is 0.504 e. The smallest absolute Gasteiger partial charge is 0.230 e. The number of benzene rings is 1. The highest BCUT2D eigenvalue weighted by Gasteiger charge is 2.62. The number of carbonyl (C=O) groups excluding carboxylic acids is 4. The van der Waals surface area contributed by atoms with E-state index in [9.17, 15) is 19.8 Å². The van der Waals surface area contributed by atoms with Gasteiger partial charge in [0.05, 0.1) is 0 Å². The van der Waals surface area contributed by atoms with Gasteiger partial charge in [-0.2, -0.15) is 0 Å². The van der Waals surface area contributed by atoms with Crippen LogP contribution in [0.2, 0.25) is 0 Å². The van der Waals surface area contributed by atoms with E-state index in [-0.39, 0.29) is 46.0 Å². The summed E-state index contributed by atoms with van der Waals surface area (Å²) in [6.07, 6.45) is 6.23. The Labute approximate surface area is 273 Å². The third-order valence-corrected chi connectivity index (χ3v) is 12.6. The topological polar surface area (TPSA) is 109 Å².